The summed E-state index contributed by atoms with van der Waals surface area (Å²) in [5, 5.41) is 24.1. The minimum absolute atomic E-state index is 0.190. The fourth-order valence-electron chi connectivity index (χ4n) is 2.64. The Labute approximate surface area is 186 Å². The molecule has 0 fully saturated rings. The maximum absolute atomic E-state index is 12.2. The topological polar surface area (TPSA) is 186 Å². The van der Waals surface area contributed by atoms with Crippen molar-refractivity contribution in [3.63, 3.8) is 0 Å². The Morgan fingerprint density at radius 2 is 1.66 bits per heavy atom. The molecule has 0 spiro atoms. The first-order valence-corrected chi connectivity index (χ1v) is 11.2. The molecule has 11 nitrogen and oxygen atoms in total. The molecule has 0 radical (unpaired) electrons. The number of hydrogen-bond donors (Lipinski definition) is 7. The van der Waals surface area contributed by atoms with Crippen LogP contribution in [0.15, 0.2) is 54.6 Å². The fourth-order valence-corrected chi connectivity index (χ4v) is 3.97. The summed E-state index contributed by atoms with van der Waals surface area (Å²) in [6.45, 7) is -0.954. The zero-order valence-corrected chi connectivity index (χ0v) is 18.0. The number of guanidine groups is 1. The number of amides is 2. The molecule has 0 aliphatic heterocycles. The number of aliphatic hydroxyl groups is 1. The summed E-state index contributed by atoms with van der Waals surface area (Å²) >= 11 is 0. The molecule has 0 saturated heterocycles. The van der Waals surface area contributed by atoms with Crippen LogP contribution in [0.3, 0.4) is 0 Å². The summed E-state index contributed by atoms with van der Waals surface area (Å²) < 4.78 is 26.6. The van der Waals surface area contributed by atoms with E-state index < -0.39 is 34.5 Å². The second-order valence-electron chi connectivity index (χ2n) is 6.83. The third kappa shape index (κ3) is 8.71. The largest absolute Gasteiger partial charge is 0.394 e. The van der Waals surface area contributed by atoms with Gasteiger partial charge in [0, 0.05) is 12.2 Å². The van der Waals surface area contributed by atoms with Gasteiger partial charge in [-0.3, -0.25) is 15.0 Å². The molecule has 8 N–H and O–H groups in total. The number of rotatable bonds is 11. The highest BCUT2D eigenvalue weighted by molar-refractivity contribution is 7.88. The number of hydrogen-bond acceptors (Lipinski definition) is 6. The average Bonchev–Trinajstić information content (AvgIpc) is 2.75. The van der Waals surface area contributed by atoms with Crippen LogP contribution in [-0.2, 0) is 31.9 Å². The highest BCUT2D eigenvalue weighted by Gasteiger charge is 2.24. The Balaban J connectivity index is 1.79. The molecule has 12 heteroatoms. The number of aliphatic hydroxyl groups excluding tert-OH is 1. The van der Waals surface area contributed by atoms with Crippen LogP contribution < -0.4 is 26.4 Å². The van der Waals surface area contributed by atoms with Crippen molar-refractivity contribution in [1.82, 2.24) is 15.4 Å². The van der Waals surface area contributed by atoms with Crippen LogP contribution in [0.1, 0.15) is 11.1 Å². The summed E-state index contributed by atoms with van der Waals surface area (Å²) in [5.74, 6) is -1.85. The van der Waals surface area contributed by atoms with Crippen LogP contribution in [-0.4, -0.2) is 50.5 Å². The molecule has 2 aromatic rings. The number of benzene rings is 2. The van der Waals surface area contributed by atoms with Crippen molar-refractivity contribution in [1.29, 1.82) is 5.41 Å². The summed E-state index contributed by atoms with van der Waals surface area (Å²) in [7, 11) is -3.88. The van der Waals surface area contributed by atoms with Crippen LogP contribution in [0.2, 0.25) is 0 Å². The van der Waals surface area contributed by atoms with Gasteiger partial charge in [0.15, 0.2) is 5.96 Å². The summed E-state index contributed by atoms with van der Waals surface area (Å²) in [5.41, 5.74) is 7.18. The summed E-state index contributed by atoms with van der Waals surface area (Å²) in [4.78, 5) is 24.2. The molecule has 32 heavy (non-hydrogen) atoms. The zero-order valence-electron chi connectivity index (χ0n) is 17.2. The minimum Gasteiger partial charge on any atom is -0.394 e. The van der Waals surface area contributed by atoms with E-state index in [2.05, 4.69) is 20.7 Å². The van der Waals surface area contributed by atoms with Crippen LogP contribution in [0.4, 0.5) is 5.69 Å². The van der Waals surface area contributed by atoms with Crippen molar-refractivity contribution in [2.24, 2.45) is 5.73 Å². The Bertz CT molecular complexity index is 1030. The molecule has 0 saturated carbocycles. The molecule has 2 rings (SSSR count). The predicted molar refractivity (Wildman–Crippen MR) is 120 cm³/mol. The van der Waals surface area contributed by atoms with Crippen molar-refractivity contribution in [2.45, 2.75) is 18.3 Å². The van der Waals surface area contributed by atoms with Gasteiger partial charge in [0.05, 0.1) is 18.9 Å². The molecule has 0 aromatic heterocycles. The molecule has 0 aliphatic rings. The molecule has 2 amide bonds. The molecule has 0 bridgehead atoms. The van der Waals surface area contributed by atoms with Crippen LogP contribution >= 0.6 is 0 Å². The standard InChI is InChI=1S/C20H26N6O5S/c21-20(22)25-16-8-6-14(7-9-16)10-23-18(28)11-24-19(29)17(12-27)26-32(30,31)13-15-4-2-1-3-5-15/h1-9,17,26-27H,10-13H2,(H,23,28)(H,24,29)(H4,21,22,25)/t17-/m1/s1. The predicted octanol–water partition coefficient (Wildman–Crippen LogP) is -0.795. The van der Waals surface area contributed by atoms with Crippen molar-refractivity contribution in [2.75, 3.05) is 18.5 Å². The number of nitrogens with two attached hydrogens (primary N) is 1. The Morgan fingerprint density at radius 1 is 1.00 bits per heavy atom. The van der Waals surface area contributed by atoms with E-state index in [1.54, 1.807) is 54.6 Å². The first-order chi connectivity index (χ1) is 15.2. The highest BCUT2D eigenvalue weighted by atomic mass is 32.2. The number of anilines is 1. The SMILES string of the molecule is N=C(N)Nc1ccc(CNC(=O)CNC(=O)[C@@H](CO)NS(=O)(=O)Cc2ccccc2)cc1. The fraction of sp³-hybridized carbons (Fsp3) is 0.250. The van der Waals surface area contributed by atoms with E-state index in [0.717, 1.165) is 5.56 Å². The van der Waals surface area contributed by atoms with Crippen LogP contribution in [0.25, 0.3) is 0 Å². The highest BCUT2D eigenvalue weighted by Crippen LogP contribution is 2.09. The van der Waals surface area contributed by atoms with E-state index >= 15 is 0 Å². The van der Waals surface area contributed by atoms with Crippen LogP contribution in [0, 0.1) is 5.41 Å². The molecular weight excluding hydrogens is 436 g/mol. The lowest BCUT2D eigenvalue weighted by Gasteiger charge is -2.16. The first kappa shape index (κ1) is 24.8. The van der Waals surface area contributed by atoms with Crippen molar-refractivity contribution in [3.8, 4) is 0 Å². The van der Waals surface area contributed by atoms with Crippen molar-refractivity contribution >= 4 is 33.5 Å². The zero-order chi connectivity index (χ0) is 23.6. The van der Waals surface area contributed by atoms with E-state index in [0.29, 0.717) is 11.3 Å². The second kappa shape index (κ2) is 11.8. The molecule has 2 aromatic carbocycles. The van der Waals surface area contributed by atoms with Crippen molar-refractivity contribution < 1.29 is 23.1 Å². The Hall–Kier alpha value is -3.48. The average molecular weight is 463 g/mol. The van der Waals surface area contributed by atoms with Crippen LogP contribution in [0.5, 0.6) is 0 Å². The van der Waals surface area contributed by atoms with E-state index in [1.165, 1.54) is 0 Å². The van der Waals surface area contributed by atoms with Gasteiger partial charge in [-0.05, 0) is 23.3 Å². The molecular formula is C20H26N6O5S. The minimum atomic E-state index is -3.88. The van der Waals surface area contributed by atoms with Gasteiger partial charge in [0.25, 0.3) is 0 Å². The quantitative estimate of drug-likeness (QED) is 0.168. The van der Waals surface area contributed by atoms with E-state index in [4.69, 9.17) is 11.1 Å². The lowest BCUT2D eigenvalue weighted by Crippen LogP contribution is -2.50. The van der Waals surface area contributed by atoms with Gasteiger partial charge < -0.3 is 26.8 Å². The molecule has 1 atom stereocenters. The van der Waals surface area contributed by atoms with E-state index in [1.807, 2.05) is 0 Å². The third-order valence-electron chi connectivity index (χ3n) is 4.17. The first-order valence-electron chi connectivity index (χ1n) is 9.57. The lowest BCUT2D eigenvalue weighted by molar-refractivity contribution is -0.127. The van der Waals surface area contributed by atoms with Gasteiger partial charge in [-0.25, -0.2) is 13.1 Å². The van der Waals surface area contributed by atoms with Gasteiger partial charge in [-0.15, -0.1) is 0 Å². The molecule has 0 aliphatic carbocycles. The number of carbonyl (C=O) groups is 2. The Morgan fingerprint density at radius 3 is 2.25 bits per heavy atom. The maximum Gasteiger partial charge on any atom is 0.240 e. The van der Waals surface area contributed by atoms with Gasteiger partial charge in [0.1, 0.15) is 6.04 Å². The van der Waals surface area contributed by atoms with Gasteiger partial charge >= 0.3 is 0 Å². The van der Waals surface area contributed by atoms with Gasteiger partial charge in [-0.1, -0.05) is 42.5 Å². The summed E-state index contributed by atoms with van der Waals surface area (Å²) in [6, 6.07) is 13.8. The normalized spacial score (nSPS) is 11.9. The van der Waals surface area contributed by atoms with E-state index in [9.17, 15) is 23.1 Å². The second-order valence-corrected chi connectivity index (χ2v) is 8.58. The van der Waals surface area contributed by atoms with Gasteiger partial charge in [-0.2, -0.15) is 0 Å². The monoisotopic (exact) mass is 462 g/mol. The molecule has 0 unspecified atom stereocenters. The molecule has 0 heterocycles. The van der Waals surface area contributed by atoms with Crippen molar-refractivity contribution in [3.05, 3.63) is 65.7 Å². The smallest absolute Gasteiger partial charge is 0.240 e. The number of nitrogens with one attached hydrogen (secondary N) is 5. The number of carbonyl (C=O) groups excluding carboxylic acids is 2. The lowest BCUT2D eigenvalue weighted by atomic mass is 10.2. The summed E-state index contributed by atoms with van der Waals surface area (Å²) in [6.07, 6.45) is 0. The third-order valence-corrected chi connectivity index (χ3v) is 5.52. The molecule has 172 valence electrons. The number of sulfonamides is 1. The van der Waals surface area contributed by atoms with Gasteiger partial charge in [0.2, 0.25) is 21.8 Å². The Kier molecular flexibility index (Phi) is 9.13. The maximum atomic E-state index is 12.2. The van der Waals surface area contributed by atoms with E-state index in [-0.39, 0.29) is 24.8 Å².